The quantitative estimate of drug-likeness (QED) is 0.809. The van der Waals surface area contributed by atoms with E-state index in [1.54, 1.807) is 0 Å². The number of hydrogen-bond acceptors (Lipinski definition) is 2. The van der Waals surface area contributed by atoms with Crippen LogP contribution in [0.4, 0.5) is 0 Å². The Kier molecular flexibility index (Phi) is 4.79. The van der Waals surface area contributed by atoms with E-state index < -0.39 is 0 Å². The van der Waals surface area contributed by atoms with Crippen LogP contribution in [-0.4, -0.2) is 12.6 Å². The molecule has 18 heavy (non-hydrogen) atoms. The van der Waals surface area contributed by atoms with Gasteiger partial charge in [0.25, 0.3) is 0 Å². The highest BCUT2D eigenvalue weighted by Crippen LogP contribution is 2.26. The van der Waals surface area contributed by atoms with Gasteiger partial charge in [0.1, 0.15) is 0 Å². The minimum Gasteiger partial charge on any atom is -0.314 e. The van der Waals surface area contributed by atoms with Gasteiger partial charge < -0.3 is 5.32 Å². The summed E-state index contributed by atoms with van der Waals surface area (Å²) in [5, 5.41) is 7.18. The van der Waals surface area contributed by atoms with E-state index in [0.717, 1.165) is 6.54 Å². The lowest BCUT2D eigenvalue weighted by Crippen LogP contribution is -2.34. The molecule has 2 aromatic rings. The summed E-state index contributed by atoms with van der Waals surface area (Å²) in [6, 6.07) is 9.52. The Bertz CT molecular complexity index is 487. The van der Waals surface area contributed by atoms with E-state index in [9.17, 15) is 0 Å². The first kappa shape index (κ1) is 13.6. The maximum absolute atomic E-state index is 3.60. The Morgan fingerprint density at radius 1 is 1.22 bits per heavy atom. The third kappa shape index (κ3) is 3.12. The fourth-order valence-electron chi connectivity index (χ4n) is 2.50. The van der Waals surface area contributed by atoms with Crippen LogP contribution in [0.2, 0.25) is 0 Å². The second-order valence-corrected chi connectivity index (χ2v) is 6.12. The number of hydrogen-bond donors (Lipinski definition) is 1. The normalized spacial score (nSPS) is 13.3. The number of benzene rings is 1. The molecule has 1 aromatic carbocycles. The predicted molar refractivity (Wildman–Crippen MR) is 82.4 cm³/mol. The zero-order valence-electron chi connectivity index (χ0n) is 11.6. The van der Waals surface area contributed by atoms with E-state index in [1.165, 1.54) is 28.5 Å². The van der Waals surface area contributed by atoms with Crippen LogP contribution in [0.1, 0.15) is 32.8 Å². The van der Waals surface area contributed by atoms with E-state index in [2.05, 4.69) is 55.7 Å². The minimum absolute atomic E-state index is 0.630. The molecule has 1 N–H and O–H groups in total. The molecular weight excluding hydrogens is 238 g/mol. The highest BCUT2D eigenvalue weighted by molar-refractivity contribution is 7.17. The zero-order chi connectivity index (χ0) is 13.0. The molecule has 98 valence electrons. The molecule has 0 spiro atoms. The van der Waals surface area contributed by atoms with Gasteiger partial charge in [0.2, 0.25) is 0 Å². The van der Waals surface area contributed by atoms with Gasteiger partial charge in [-0.05, 0) is 47.7 Å². The molecule has 1 nitrogen and oxygen atoms in total. The molecular formula is C16H23NS. The van der Waals surface area contributed by atoms with Gasteiger partial charge in [0.05, 0.1) is 0 Å². The number of fused-ring (bicyclic) bond motifs is 1. The lowest BCUT2D eigenvalue weighted by molar-refractivity contribution is 0.385. The molecule has 0 saturated heterocycles. The fraction of sp³-hybridized carbons (Fsp3) is 0.500. The van der Waals surface area contributed by atoms with Crippen LogP contribution >= 0.6 is 11.3 Å². The van der Waals surface area contributed by atoms with Gasteiger partial charge in [0, 0.05) is 10.7 Å². The molecule has 0 fully saturated rings. The lowest BCUT2D eigenvalue weighted by Gasteiger charge is -2.21. The minimum atomic E-state index is 0.630. The van der Waals surface area contributed by atoms with Crippen LogP contribution in [0.3, 0.4) is 0 Å². The zero-order valence-corrected chi connectivity index (χ0v) is 12.4. The average molecular weight is 261 g/mol. The summed E-state index contributed by atoms with van der Waals surface area (Å²) in [4.78, 5) is 0. The molecule has 0 aliphatic rings. The summed E-state index contributed by atoms with van der Waals surface area (Å²) >= 11 is 1.87. The van der Waals surface area contributed by atoms with Crippen LogP contribution in [0.15, 0.2) is 29.6 Å². The van der Waals surface area contributed by atoms with Gasteiger partial charge in [-0.15, -0.1) is 11.3 Å². The van der Waals surface area contributed by atoms with E-state index in [0.29, 0.717) is 12.0 Å². The standard InChI is InChI=1S/C16H23NS/c1-4-17-15(12(2)3)9-8-13-6-5-7-14-10-11-18-16(13)14/h5-7,10-12,15,17H,4,8-9H2,1-3H3. The van der Waals surface area contributed by atoms with Gasteiger partial charge >= 0.3 is 0 Å². The molecule has 0 radical (unpaired) electrons. The van der Waals surface area contributed by atoms with Crippen molar-refractivity contribution >= 4 is 21.4 Å². The largest absolute Gasteiger partial charge is 0.314 e. The summed E-state index contributed by atoms with van der Waals surface area (Å²) in [7, 11) is 0. The maximum atomic E-state index is 3.60. The Balaban J connectivity index is 2.07. The highest BCUT2D eigenvalue weighted by atomic mass is 32.1. The molecule has 1 aromatic heterocycles. The fourth-order valence-corrected chi connectivity index (χ4v) is 3.44. The molecule has 0 amide bonds. The van der Waals surface area contributed by atoms with Crippen molar-refractivity contribution in [2.45, 2.75) is 39.7 Å². The molecule has 0 saturated carbocycles. The summed E-state index contributed by atoms with van der Waals surface area (Å²) in [6.45, 7) is 7.86. The van der Waals surface area contributed by atoms with Gasteiger partial charge in [0.15, 0.2) is 0 Å². The molecule has 0 bridgehead atoms. The van der Waals surface area contributed by atoms with Crippen LogP contribution in [0.25, 0.3) is 10.1 Å². The first-order chi connectivity index (χ1) is 8.72. The Morgan fingerprint density at radius 2 is 2.06 bits per heavy atom. The lowest BCUT2D eigenvalue weighted by atomic mass is 9.96. The SMILES string of the molecule is CCNC(CCc1cccc2ccsc12)C(C)C. The van der Waals surface area contributed by atoms with E-state index in [-0.39, 0.29) is 0 Å². The van der Waals surface area contributed by atoms with E-state index >= 15 is 0 Å². The van der Waals surface area contributed by atoms with Crippen molar-refractivity contribution in [3.05, 3.63) is 35.2 Å². The van der Waals surface area contributed by atoms with E-state index in [4.69, 9.17) is 0 Å². The average Bonchev–Trinajstić information content (AvgIpc) is 2.82. The first-order valence-corrected chi connectivity index (χ1v) is 7.78. The molecule has 1 atom stereocenters. The summed E-state index contributed by atoms with van der Waals surface area (Å²) < 4.78 is 1.47. The molecule has 1 heterocycles. The van der Waals surface area contributed by atoms with Gasteiger partial charge in [-0.3, -0.25) is 0 Å². The van der Waals surface area contributed by atoms with Gasteiger partial charge in [-0.25, -0.2) is 0 Å². The van der Waals surface area contributed by atoms with Gasteiger partial charge in [-0.1, -0.05) is 39.0 Å². The van der Waals surface area contributed by atoms with Crippen LogP contribution in [0, 0.1) is 5.92 Å². The smallest absolute Gasteiger partial charge is 0.0374 e. The maximum Gasteiger partial charge on any atom is 0.0374 e. The molecule has 2 heteroatoms. The Hall–Kier alpha value is -0.860. The Morgan fingerprint density at radius 3 is 2.78 bits per heavy atom. The molecule has 0 aliphatic heterocycles. The van der Waals surface area contributed by atoms with Crippen molar-refractivity contribution in [1.82, 2.24) is 5.32 Å². The first-order valence-electron chi connectivity index (χ1n) is 6.91. The van der Waals surface area contributed by atoms with Gasteiger partial charge in [-0.2, -0.15) is 0 Å². The van der Waals surface area contributed by atoms with E-state index in [1.807, 2.05) is 11.3 Å². The third-order valence-corrected chi connectivity index (χ3v) is 4.56. The number of nitrogens with one attached hydrogen (secondary N) is 1. The van der Waals surface area contributed by atoms with Crippen molar-refractivity contribution in [2.75, 3.05) is 6.54 Å². The van der Waals surface area contributed by atoms with Crippen molar-refractivity contribution in [3.8, 4) is 0 Å². The number of rotatable bonds is 6. The number of thiophene rings is 1. The van der Waals surface area contributed by atoms with Crippen LogP contribution < -0.4 is 5.32 Å². The summed E-state index contributed by atoms with van der Waals surface area (Å²) in [5.41, 5.74) is 1.51. The molecule has 2 rings (SSSR count). The highest BCUT2D eigenvalue weighted by Gasteiger charge is 2.12. The van der Waals surface area contributed by atoms with Crippen molar-refractivity contribution in [2.24, 2.45) is 5.92 Å². The topological polar surface area (TPSA) is 12.0 Å². The summed E-state index contributed by atoms with van der Waals surface area (Å²) in [6.07, 6.45) is 2.40. The summed E-state index contributed by atoms with van der Waals surface area (Å²) in [5.74, 6) is 0.701. The van der Waals surface area contributed by atoms with Crippen molar-refractivity contribution < 1.29 is 0 Å². The third-order valence-electron chi connectivity index (χ3n) is 3.56. The van der Waals surface area contributed by atoms with Crippen LogP contribution in [-0.2, 0) is 6.42 Å². The second kappa shape index (κ2) is 6.35. The predicted octanol–water partition coefficient (Wildman–Crippen LogP) is 4.47. The van der Waals surface area contributed by atoms with Crippen molar-refractivity contribution in [3.63, 3.8) is 0 Å². The Labute approximate surface area is 114 Å². The number of aryl methyl sites for hydroxylation is 1. The molecule has 1 unspecified atom stereocenters. The van der Waals surface area contributed by atoms with Crippen molar-refractivity contribution in [1.29, 1.82) is 0 Å². The second-order valence-electron chi connectivity index (χ2n) is 5.20. The monoisotopic (exact) mass is 261 g/mol. The van der Waals surface area contributed by atoms with Crippen LogP contribution in [0.5, 0.6) is 0 Å². The molecule has 0 aliphatic carbocycles.